The quantitative estimate of drug-likeness (QED) is 0.839. The molecular weight excluding hydrogens is 258 g/mol. The van der Waals surface area contributed by atoms with Crippen LogP contribution < -0.4 is 15.9 Å². The molecule has 0 radical (unpaired) electrons. The van der Waals surface area contributed by atoms with Gasteiger partial charge in [0.2, 0.25) is 0 Å². The zero-order valence-electron chi connectivity index (χ0n) is 11.1. The van der Waals surface area contributed by atoms with Crippen LogP contribution in [0.3, 0.4) is 0 Å². The second-order valence-electron chi connectivity index (χ2n) is 5.07. The van der Waals surface area contributed by atoms with Crippen LogP contribution in [0.5, 0.6) is 5.75 Å². The van der Waals surface area contributed by atoms with Gasteiger partial charge in [0.25, 0.3) is 11.1 Å². The molecule has 0 amide bonds. The lowest BCUT2D eigenvalue weighted by molar-refractivity contribution is 0.156. The highest BCUT2D eigenvalue weighted by atomic mass is 16.5. The Bertz CT molecular complexity index is 815. The number of H-pyrrole nitrogens is 1. The van der Waals surface area contributed by atoms with Crippen LogP contribution in [0.1, 0.15) is 19.5 Å². The SMILES string of the molecule is CC1(C)C=C(n2[nH]c(=O)ccc2=O)c2ncccc2O1. The third kappa shape index (κ3) is 2.05. The monoisotopic (exact) mass is 271 g/mol. The number of hydrogen-bond acceptors (Lipinski definition) is 4. The van der Waals surface area contributed by atoms with Gasteiger partial charge in [0, 0.05) is 18.3 Å². The molecule has 0 bridgehead atoms. The predicted octanol–water partition coefficient (Wildman–Crippen LogP) is 0.992. The first-order chi connectivity index (χ1) is 9.46. The molecule has 0 fully saturated rings. The number of aromatic amines is 1. The molecule has 20 heavy (non-hydrogen) atoms. The van der Waals surface area contributed by atoms with E-state index in [1.54, 1.807) is 24.4 Å². The predicted molar refractivity (Wildman–Crippen MR) is 73.6 cm³/mol. The third-order valence-corrected chi connectivity index (χ3v) is 2.93. The van der Waals surface area contributed by atoms with Gasteiger partial charge in [-0.3, -0.25) is 19.7 Å². The Morgan fingerprint density at radius 1 is 1.25 bits per heavy atom. The molecule has 0 unspecified atom stereocenters. The molecule has 3 rings (SSSR count). The lowest BCUT2D eigenvalue weighted by atomic mass is 10.0. The topological polar surface area (TPSA) is 77.0 Å². The lowest BCUT2D eigenvalue weighted by Gasteiger charge is -2.30. The van der Waals surface area contributed by atoms with Crippen molar-refractivity contribution in [3.8, 4) is 5.75 Å². The summed E-state index contributed by atoms with van der Waals surface area (Å²) in [6, 6.07) is 5.96. The average Bonchev–Trinajstić information content (AvgIpc) is 2.39. The van der Waals surface area contributed by atoms with Crippen molar-refractivity contribution in [1.82, 2.24) is 14.8 Å². The minimum absolute atomic E-state index is 0.329. The van der Waals surface area contributed by atoms with Crippen LogP contribution in [0.2, 0.25) is 0 Å². The number of ether oxygens (including phenoxy) is 1. The minimum atomic E-state index is -0.600. The first-order valence-corrected chi connectivity index (χ1v) is 6.16. The molecule has 0 atom stereocenters. The van der Waals surface area contributed by atoms with Crippen molar-refractivity contribution in [2.75, 3.05) is 0 Å². The molecule has 2 aromatic heterocycles. The maximum Gasteiger partial charge on any atom is 0.269 e. The highest BCUT2D eigenvalue weighted by molar-refractivity contribution is 5.69. The number of hydrogen-bond donors (Lipinski definition) is 1. The fourth-order valence-electron chi connectivity index (χ4n) is 2.15. The molecule has 0 saturated heterocycles. The molecule has 0 aliphatic carbocycles. The molecule has 6 heteroatoms. The Labute approximate surface area is 114 Å². The summed E-state index contributed by atoms with van der Waals surface area (Å²) in [6.07, 6.45) is 3.38. The Morgan fingerprint density at radius 2 is 2.05 bits per heavy atom. The van der Waals surface area contributed by atoms with Crippen LogP contribution in [0, 0.1) is 0 Å². The summed E-state index contributed by atoms with van der Waals surface area (Å²) >= 11 is 0. The van der Waals surface area contributed by atoms with E-state index in [1.807, 2.05) is 13.8 Å². The van der Waals surface area contributed by atoms with Crippen LogP contribution >= 0.6 is 0 Å². The van der Waals surface area contributed by atoms with E-state index in [2.05, 4.69) is 10.1 Å². The standard InChI is InChI=1S/C14H13N3O3/c1-14(2)8-9(13-10(20-14)4-3-7-15-13)17-12(19)6-5-11(18)16-17/h3-8H,1-2H3,(H,16,18). The van der Waals surface area contributed by atoms with E-state index in [0.29, 0.717) is 17.1 Å². The normalized spacial score (nSPS) is 16.0. The Kier molecular flexibility index (Phi) is 2.60. The van der Waals surface area contributed by atoms with Crippen molar-refractivity contribution in [2.45, 2.75) is 19.4 Å². The summed E-state index contributed by atoms with van der Waals surface area (Å²) < 4.78 is 6.99. The highest BCUT2D eigenvalue weighted by Crippen LogP contribution is 2.33. The number of pyridine rings is 1. The van der Waals surface area contributed by atoms with Crippen molar-refractivity contribution >= 4 is 5.70 Å². The van der Waals surface area contributed by atoms with Gasteiger partial charge in [-0.05, 0) is 32.1 Å². The summed E-state index contributed by atoms with van der Waals surface area (Å²) in [5.74, 6) is 0.576. The van der Waals surface area contributed by atoms with Crippen molar-refractivity contribution < 1.29 is 4.74 Å². The average molecular weight is 271 g/mol. The van der Waals surface area contributed by atoms with Gasteiger partial charge in [0.1, 0.15) is 17.0 Å². The van der Waals surface area contributed by atoms with E-state index in [4.69, 9.17) is 4.74 Å². The third-order valence-electron chi connectivity index (χ3n) is 2.93. The zero-order valence-corrected chi connectivity index (χ0v) is 11.1. The van der Waals surface area contributed by atoms with Crippen LogP contribution in [0.25, 0.3) is 5.70 Å². The maximum absolute atomic E-state index is 12.0. The molecule has 0 spiro atoms. The molecule has 3 heterocycles. The molecule has 1 aliphatic heterocycles. The fourth-order valence-corrected chi connectivity index (χ4v) is 2.15. The minimum Gasteiger partial charge on any atom is -0.481 e. The number of nitrogens with zero attached hydrogens (tertiary/aromatic N) is 2. The van der Waals surface area contributed by atoms with Gasteiger partial charge in [0.05, 0.1) is 5.70 Å². The summed E-state index contributed by atoms with van der Waals surface area (Å²) in [4.78, 5) is 27.7. The van der Waals surface area contributed by atoms with Gasteiger partial charge in [-0.25, -0.2) is 4.68 Å². The van der Waals surface area contributed by atoms with Crippen molar-refractivity contribution in [3.63, 3.8) is 0 Å². The maximum atomic E-state index is 12.0. The van der Waals surface area contributed by atoms with Crippen molar-refractivity contribution in [1.29, 1.82) is 0 Å². The van der Waals surface area contributed by atoms with E-state index < -0.39 is 5.60 Å². The number of aromatic nitrogens is 3. The van der Waals surface area contributed by atoms with E-state index in [9.17, 15) is 9.59 Å². The summed E-state index contributed by atoms with van der Waals surface area (Å²) in [7, 11) is 0. The first-order valence-electron chi connectivity index (χ1n) is 6.16. The van der Waals surface area contributed by atoms with E-state index in [-0.39, 0.29) is 11.1 Å². The van der Waals surface area contributed by atoms with Crippen molar-refractivity contribution in [3.05, 3.63) is 62.9 Å². The Hall–Kier alpha value is -2.63. The van der Waals surface area contributed by atoms with E-state index in [0.717, 1.165) is 0 Å². The molecular formula is C14H13N3O3. The van der Waals surface area contributed by atoms with Gasteiger partial charge >= 0.3 is 0 Å². The van der Waals surface area contributed by atoms with E-state index >= 15 is 0 Å². The molecule has 6 nitrogen and oxygen atoms in total. The summed E-state index contributed by atoms with van der Waals surface area (Å²) in [5.41, 5.74) is -0.245. The summed E-state index contributed by atoms with van der Waals surface area (Å²) in [6.45, 7) is 3.74. The lowest BCUT2D eigenvalue weighted by Crippen LogP contribution is -2.35. The number of nitrogens with one attached hydrogen (secondary N) is 1. The Balaban J connectivity index is 2.30. The van der Waals surface area contributed by atoms with Gasteiger partial charge in [-0.2, -0.15) is 0 Å². The van der Waals surface area contributed by atoms with Crippen LogP contribution in [-0.2, 0) is 0 Å². The highest BCUT2D eigenvalue weighted by Gasteiger charge is 2.28. The van der Waals surface area contributed by atoms with Gasteiger partial charge in [-0.1, -0.05) is 0 Å². The second-order valence-corrected chi connectivity index (χ2v) is 5.07. The molecule has 1 aliphatic rings. The smallest absolute Gasteiger partial charge is 0.269 e. The number of fused-ring (bicyclic) bond motifs is 1. The van der Waals surface area contributed by atoms with Gasteiger partial charge < -0.3 is 4.74 Å². The number of rotatable bonds is 1. The van der Waals surface area contributed by atoms with Gasteiger partial charge in [0.15, 0.2) is 0 Å². The van der Waals surface area contributed by atoms with Crippen LogP contribution in [-0.4, -0.2) is 20.4 Å². The van der Waals surface area contributed by atoms with Crippen molar-refractivity contribution in [2.24, 2.45) is 0 Å². The zero-order chi connectivity index (χ0) is 14.3. The first kappa shape index (κ1) is 12.4. The summed E-state index contributed by atoms with van der Waals surface area (Å²) in [5, 5.41) is 2.51. The Morgan fingerprint density at radius 3 is 2.85 bits per heavy atom. The van der Waals surface area contributed by atoms with Gasteiger partial charge in [-0.15, -0.1) is 0 Å². The largest absolute Gasteiger partial charge is 0.481 e. The molecule has 0 saturated carbocycles. The molecule has 2 aromatic rings. The molecule has 0 aromatic carbocycles. The fraction of sp³-hybridized carbons (Fsp3) is 0.214. The molecule has 102 valence electrons. The van der Waals surface area contributed by atoms with Crippen LogP contribution in [0.15, 0.2) is 46.1 Å². The second kappa shape index (κ2) is 4.19. The molecule has 1 N–H and O–H groups in total. The van der Waals surface area contributed by atoms with E-state index in [1.165, 1.54) is 16.8 Å². The van der Waals surface area contributed by atoms with Crippen LogP contribution in [0.4, 0.5) is 0 Å².